The van der Waals surface area contributed by atoms with Gasteiger partial charge in [0.1, 0.15) is 30.1 Å². The molecule has 128 valence electrons. The van der Waals surface area contributed by atoms with E-state index in [4.69, 9.17) is 4.74 Å². The minimum Gasteiger partial charge on any atom is -0.492 e. The fourth-order valence-corrected chi connectivity index (χ4v) is 3.57. The van der Waals surface area contributed by atoms with E-state index in [1.807, 2.05) is 24.3 Å². The molecule has 4 rings (SSSR count). The van der Waals surface area contributed by atoms with Crippen LogP contribution in [0.1, 0.15) is 22.6 Å². The highest BCUT2D eigenvalue weighted by molar-refractivity contribution is 5.90. The van der Waals surface area contributed by atoms with Gasteiger partial charge in [-0.15, -0.1) is 0 Å². The maximum absolute atomic E-state index is 13.6. The molecular weight excluding hydrogens is 325 g/mol. The van der Waals surface area contributed by atoms with Crippen LogP contribution in [0.15, 0.2) is 42.5 Å². The van der Waals surface area contributed by atoms with E-state index in [-0.39, 0.29) is 25.5 Å². The number of aliphatic carboxylic acids is 1. The average Bonchev–Trinajstić information content (AvgIpc) is 3.02. The Labute approximate surface area is 143 Å². The highest BCUT2D eigenvalue weighted by atomic mass is 19.1. The van der Waals surface area contributed by atoms with Gasteiger partial charge >= 0.3 is 5.97 Å². The molecule has 2 aliphatic rings. The van der Waals surface area contributed by atoms with Crippen molar-refractivity contribution < 1.29 is 23.8 Å². The van der Waals surface area contributed by atoms with Crippen molar-refractivity contribution in [2.24, 2.45) is 0 Å². The van der Waals surface area contributed by atoms with Crippen LogP contribution >= 0.6 is 0 Å². The summed E-state index contributed by atoms with van der Waals surface area (Å²) in [6, 6.07) is 10.6. The van der Waals surface area contributed by atoms with E-state index in [1.165, 1.54) is 23.1 Å². The topological polar surface area (TPSA) is 66.8 Å². The number of nitrogens with zero attached hydrogens (tertiary/aromatic N) is 1. The summed E-state index contributed by atoms with van der Waals surface area (Å²) in [5.41, 5.74) is 2.35. The van der Waals surface area contributed by atoms with Crippen molar-refractivity contribution in [3.63, 3.8) is 0 Å². The fraction of sp³-hybridized carbons (Fsp3) is 0.263. The smallest absolute Gasteiger partial charge is 0.326 e. The van der Waals surface area contributed by atoms with Crippen LogP contribution in [-0.2, 0) is 22.6 Å². The summed E-state index contributed by atoms with van der Waals surface area (Å²) in [5, 5.41) is 9.58. The van der Waals surface area contributed by atoms with Gasteiger partial charge < -0.3 is 14.7 Å². The molecule has 0 saturated carbocycles. The zero-order valence-electron chi connectivity index (χ0n) is 13.3. The quantitative estimate of drug-likeness (QED) is 0.910. The second-order valence-electron chi connectivity index (χ2n) is 6.34. The Morgan fingerprint density at radius 2 is 1.92 bits per heavy atom. The molecular formula is C19H16FNO4. The predicted octanol–water partition coefficient (Wildman–Crippen LogP) is 2.34. The van der Waals surface area contributed by atoms with E-state index >= 15 is 0 Å². The van der Waals surface area contributed by atoms with Crippen molar-refractivity contribution in [2.75, 3.05) is 6.61 Å². The lowest BCUT2D eigenvalue weighted by molar-refractivity contribution is -0.152. The van der Waals surface area contributed by atoms with Gasteiger partial charge in [0.2, 0.25) is 5.91 Å². The summed E-state index contributed by atoms with van der Waals surface area (Å²) >= 11 is 0. The van der Waals surface area contributed by atoms with Gasteiger partial charge in [-0.05, 0) is 29.3 Å². The number of carbonyl (C=O) groups is 2. The van der Waals surface area contributed by atoms with Gasteiger partial charge in [-0.25, -0.2) is 9.18 Å². The summed E-state index contributed by atoms with van der Waals surface area (Å²) in [5.74, 6) is -2.03. The van der Waals surface area contributed by atoms with Gasteiger partial charge in [0, 0.05) is 18.5 Å². The lowest BCUT2D eigenvalue weighted by atomic mass is 9.91. The third kappa shape index (κ3) is 2.63. The second kappa shape index (κ2) is 5.88. The number of fused-ring (bicyclic) bond motifs is 2. The van der Waals surface area contributed by atoms with Crippen LogP contribution in [0.2, 0.25) is 0 Å². The zero-order chi connectivity index (χ0) is 17.6. The summed E-state index contributed by atoms with van der Waals surface area (Å²) in [4.78, 5) is 26.1. The van der Waals surface area contributed by atoms with Crippen molar-refractivity contribution in [3.05, 3.63) is 65.0 Å². The predicted molar refractivity (Wildman–Crippen MR) is 86.8 cm³/mol. The number of amides is 1. The van der Waals surface area contributed by atoms with Gasteiger partial charge in [0.15, 0.2) is 0 Å². The lowest BCUT2D eigenvalue weighted by Crippen LogP contribution is -2.50. The van der Waals surface area contributed by atoms with E-state index in [0.29, 0.717) is 11.3 Å². The molecule has 2 atom stereocenters. The van der Waals surface area contributed by atoms with Crippen LogP contribution in [0.5, 0.6) is 5.75 Å². The molecule has 0 aromatic heterocycles. The molecule has 0 aliphatic carbocycles. The third-order valence-electron chi connectivity index (χ3n) is 4.87. The number of carboxylic acids is 1. The molecule has 0 saturated heterocycles. The monoisotopic (exact) mass is 341 g/mol. The number of carbonyl (C=O) groups excluding carboxylic acids is 1. The van der Waals surface area contributed by atoms with Gasteiger partial charge in [-0.3, -0.25) is 4.79 Å². The largest absolute Gasteiger partial charge is 0.492 e. The molecule has 2 aliphatic heterocycles. The van der Waals surface area contributed by atoms with Crippen molar-refractivity contribution in [2.45, 2.75) is 24.9 Å². The molecule has 1 N–H and O–H groups in total. The Hall–Kier alpha value is -2.89. The summed E-state index contributed by atoms with van der Waals surface area (Å²) in [6.07, 6.45) is 0.265. The number of halogens is 1. The van der Waals surface area contributed by atoms with Crippen molar-refractivity contribution in [1.29, 1.82) is 0 Å². The Balaban J connectivity index is 1.68. The van der Waals surface area contributed by atoms with E-state index < -0.39 is 23.7 Å². The Bertz CT molecular complexity index is 866. The molecule has 25 heavy (non-hydrogen) atoms. The molecule has 0 fully saturated rings. The van der Waals surface area contributed by atoms with Crippen LogP contribution in [0.25, 0.3) is 0 Å². The first-order chi connectivity index (χ1) is 12.0. The molecule has 1 amide bonds. The first-order valence-corrected chi connectivity index (χ1v) is 8.07. The van der Waals surface area contributed by atoms with Crippen LogP contribution < -0.4 is 4.74 Å². The van der Waals surface area contributed by atoms with Crippen molar-refractivity contribution in [3.8, 4) is 5.75 Å². The molecule has 2 aromatic carbocycles. The van der Waals surface area contributed by atoms with Crippen molar-refractivity contribution in [1.82, 2.24) is 4.90 Å². The number of hydrogen-bond acceptors (Lipinski definition) is 3. The van der Waals surface area contributed by atoms with Crippen LogP contribution in [0, 0.1) is 5.82 Å². The molecule has 2 aromatic rings. The molecule has 1 unspecified atom stereocenters. The minimum atomic E-state index is -1.04. The van der Waals surface area contributed by atoms with E-state index in [1.54, 1.807) is 0 Å². The summed E-state index contributed by atoms with van der Waals surface area (Å²) in [6.45, 7) is 0.329. The highest BCUT2D eigenvalue weighted by Gasteiger charge is 2.40. The Morgan fingerprint density at radius 3 is 2.68 bits per heavy atom. The molecule has 0 bridgehead atoms. The van der Waals surface area contributed by atoms with Gasteiger partial charge in [-0.1, -0.05) is 24.3 Å². The SMILES string of the molecule is O=C(O)[C@@H]1Cc2ccccc2CN1C(=O)C1COc2ccc(F)cc21. The number of benzene rings is 2. The third-order valence-corrected chi connectivity index (χ3v) is 4.87. The first kappa shape index (κ1) is 15.6. The number of ether oxygens (including phenoxy) is 1. The maximum Gasteiger partial charge on any atom is 0.326 e. The number of carboxylic acid groups (broad SMARTS) is 1. The van der Waals surface area contributed by atoms with Gasteiger partial charge in [-0.2, -0.15) is 0 Å². The lowest BCUT2D eigenvalue weighted by Gasteiger charge is -2.35. The fourth-order valence-electron chi connectivity index (χ4n) is 3.57. The van der Waals surface area contributed by atoms with E-state index in [2.05, 4.69) is 0 Å². The van der Waals surface area contributed by atoms with Gasteiger partial charge in [0.05, 0.1) is 0 Å². The maximum atomic E-state index is 13.6. The Morgan fingerprint density at radius 1 is 1.16 bits per heavy atom. The van der Waals surface area contributed by atoms with Crippen LogP contribution in [-0.4, -0.2) is 34.5 Å². The summed E-state index contributed by atoms with van der Waals surface area (Å²) in [7, 11) is 0. The minimum absolute atomic E-state index is 0.0993. The zero-order valence-corrected chi connectivity index (χ0v) is 13.3. The summed E-state index contributed by atoms with van der Waals surface area (Å²) < 4.78 is 19.0. The molecule has 0 radical (unpaired) electrons. The molecule has 2 heterocycles. The van der Waals surface area contributed by atoms with E-state index in [9.17, 15) is 19.1 Å². The molecule has 0 spiro atoms. The van der Waals surface area contributed by atoms with E-state index in [0.717, 1.165) is 11.1 Å². The standard InChI is InChI=1S/C19H16FNO4/c20-13-5-6-17-14(8-13)15(10-25-17)18(22)21-9-12-4-2-1-3-11(12)7-16(21)19(23)24/h1-6,8,15-16H,7,9-10H2,(H,23,24)/t15?,16-/m0/s1. The molecule has 6 heteroatoms. The second-order valence-corrected chi connectivity index (χ2v) is 6.34. The first-order valence-electron chi connectivity index (χ1n) is 8.07. The highest BCUT2D eigenvalue weighted by Crippen LogP contribution is 2.37. The van der Waals surface area contributed by atoms with Crippen LogP contribution in [0.4, 0.5) is 4.39 Å². The normalized spacial score (nSPS) is 21.2. The van der Waals surface area contributed by atoms with Gasteiger partial charge in [0.25, 0.3) is 0 Å². The number of hydrogen-bond donors (Lipinski definition) is 1. The average molecular weight is 341 g/mol. The van der Waals surface area contributed by atoms with Crippen LogP contribution in [0.3, 0.4) is 0 Å². The Kier molecular flexibility index (Phi) is 3.67. The number of rotatable bonds is 2. The van der Waals surface area contributed by atoms with Crippen molar-refractivity contribution >= 4 is 11.9 Å². The molecule has 5 nitrogen and oxygen atoms in total.